The number of hydrazone groups is 1. The first-order valence-corrected chi connectivity index (χ1v) is 8.84. The molecule has 1 heterocycles. The minimum atomic E-state index is 0.348. The summed E-state index contributed by atoms with van der Waals surface area (Å²) in [5.41, 5.74) is 5.18. The van der Waals surface area contributed by atoms with Crippen molar-refractivity contribution in [3.63, 3.8) is 0 Å². The molecule has 2 aromatic carbocycles. The van der Waals surface area contributed by atoms with Crippen molar-refractivity contribution in [2.24, 2.45) is 5.10 Å². The highest BCUT2D eigenvalue weighted by Crippen LogP contribution is 2.24. The van der Waals surface area contributed by atoms with Crippen molar-refractivity contribution in [1.29, 1.82) is 0 Å². The van der Waals surface area contributed by atoms with Crippen molar-refractivity contribution >= 4 is 23.3 Å². The maximum Gasteiger partial charge on any atom is 0.316 e. The van der Waals surface area contributed by atoms with E-state index in [1.165, 1.54) is 0 Å². The first-order chi connectivity index (χ1) is 12.8. The zero-order chi connectivity index (χ0) is 18.2. The van der Waals surface area contributed by atoms with Crippen LogP contribution in [0, 0.1) is 0 Å². The highest BCUT2D eigenvalue weighted by atomic mass is 16.5. The van der Waals surface area contributed by atoms with Crippen LogP contribution in [0.5, 0.6) is 11.5 Å². The van der Waals surface area contributed by atoms with E-state index in [2.05, 4.69) is 29.4 Å². The fraction of sp³-hybridized carbons (Fsp3) is 0.300. The average molecular weight is 353 g/mol. The van der Waals surface area contributed by atoms with Gasteiger partial charge < -0.3 is 13.9 Å². The smallest absolute Gasteiger partial charge is 0.316 e. The second-order valence-corrected chi connectivity index (χ2v) is 5.75. The lowest BCUT2D eigenvalue weighted by atomic mass is 10.2. The van der Waals surface area contributed by atoms with Crippen LogP contribution in [0.25, 0.3) is 11.1 Å². The van der Waals surface area contributed by atoms with E-state index in [4.69, 9.17) is 13.9 Å². The molecular formula is C20H23N3O3. The van der Waals surface area contributed by atoms with E-state index in [1.54, 1.807) is 6.21 Å². The molecule has 3 rings (SSSR count). The average Bonchev–Trinajstić information content (AvgIpc) is 3.08. The van der Waals surface area contributed by atoms with E-state index in [0.29, 0.717) is 19.2 Å². The zero-order valence-electron chi connectivity index (χ0n) is 15.1. The van der Waals surface area contributed by atoms with Crippen LogP contribution in [-0.4, -0.2) is 24.4 Å². The molecule has 0 saturated heterocycles. The van der Waals surface area contributed by atoms with E-state index in [1.807, 2.05) is 42.5 Å². The summed E-state index contributed by atoms with van der Waals surface area (Å²) in [4.78, 5) is 4.32. The molecule has 0 aliphatic heterocycles. The Kier molecular flexibility index (Phi) is 6.09. The molecule has 1 N–H and O–H groups in total. The third kappa shape index (κ3) is 4.53. The number of ether oxygens (including phenoxy) is 2. The minimum absolute atomic E-state index is 0.348. The van der Waals surface area contributed by atoms with Crippen LogP contribution in [-0.2, 0) is 0 Å². The highest BCUT2D eigenvalue weighted by Gasteiger charge is 2.06. The second-order valence-electron chi connectivity index (χ2n) is 5.75. The van der Waals surface area contributed by atoms with Crippen molar-refractivity contribution in [2.75, 3.05) is 18.6 Å². The molecule has 136 valence electrons. The van der Waals surface area contributed by atoms with Gasteiger partial charge >= 0.3 is 6.01 Å². The van der Waals surface area contributed by atoms with Crippen LogP contribution >= 0.6 is 0 Å². The van der Waals surface area contributed by atoms with Crippen molar-refractivity contribution in [3.8, 4) is 11.5 Å². The SMILES string of the molecule is CCCOc1ccc(/C=N/Nc2nc3ccccc3o2)c(OCCC)c1. The largest absolute Gasteiger partial charge is 0.493 e. The van der Waals surface area contributed by atoms with E-state index in [0.717, 1.165) is 41.0 Å². The van der Waals surface area contributed by atoms with Gasteiger partial charge in [0, 0.05) is 11.6 Å². The van der Waals surface area contributed by atoms with Crippen molar-refractivity contribution in [1.82, 2.24) is 4.98 Å². The minimum Gasteiger partial charge on any atom is -0.493 e. The molecule has 0 radical (unpaired) electrons. The maximum absolute atomic E-state index is 5.82. The quantitative estimate of drug-likeness (QED) is 0.440. The fourth-order valence-corrected chi connectivity index (χ4v) is 2.35. The highest BCUT2D eigenvalue weighted by molar-refractivity contribution is 5.84. The summed E-state index contributed by atoms with van der Waals surface area (Å²) in [5, 5.41) is 4.22. The summed E-state index contributed by atoms with van der Waals surface area (Å²) >= 11 is 0. The summed E-state index contributed by atoms with van der Waals surface area (Å²) < 4.78 is 17.1. The molecule has 0 bridgehead atoms. The Bertz CT molecular complexity index is 841. The summed E-state index contributed by atoms with van der Waals surface area (Å²) in [6.07, 6.45) is 3.57. The monoisotopic (exact) mass is 353 g/mol. The molecule has 0 amide bonds. The number of rotatable bonds is 9. The maximum atomic E-state index is 5.82. The van der Waals surface area contributed by atoms with Gasteiger partial charge in [0.05, 0.1) is 19.4 Å². The lowest BCUT2D eigenvalue weighted by Crippen LogP contribution is -2.01. The molecule has 0 atom stereocenters. The van der Waals surface area contributed by atoms with Gasteiger partial charge in [-0.25, -0.2) is 5.43 Å². The second kappa shape index (κ2) is 8.89. The van der Waals surface area contributed by atoms with Gasteiger partial charge in [-0.2, -0.15) is 10.1 Å². The van der Waals surface area contributed by atoms with Gasteiger partial charge in [-0.05, 0) is 37.1 Å². The number of para-hydroxylation sites is 2. The molecule has 6 heteroatoms. The van der Waals surface area contributed by atoms with Gasteiger partial charge in [-0.15, -0.1) is 0 Å². The van der Waals surface area contributed by atoms with Crippen LogP contribution in [0.2, 0.25) is 0 Å². The predicted molar refractivity (Wildman–Crippen MR) is 103 cm³/mol. The number of nitrogens with zero attached hydrogens (tertiary/aromatic N) is 2. The lowest BCUT2D eigenvalue weighted by molar-refractivity contribution is 0.301. The lowest BCUT2D eigenvalue weighted by Gasteiger charge is -2.11. The number of hydrogen-bond donors (Lipinski definition) is 1. The number of hydrogen-bond acceptors (Lipinski definition) is 6. The summed E-state index contributed by atoms with van der Waals surface area (Å²) in [7, 11) is 0. The third-order valence-electron chi connectivity index (χ3n) is 3.58. The first-order valence-electron chi connectivity index (χ1n) is 8.84. The van der Waals surface area contributed by atoms with Crippen molar-refractivity contribution in [2.45, 2.75) is 26.7 Å². The molecule has 0 fully saturated rings. The molecule has 0 aliphatic carbocycles. The molecule has 0 aliphatic rings. The molecule has 0 unspecified atom stereocenters. The number of benzene rings is 2. The van der Waals surface area contributed by atoms with Crippen LogP contribution in [0.1, 0.15) is 32.3 Å². The van der Waals surface area contributed by atoms with Crippen LogP contribution in [0.4, 0.5) is 6.01 Å². The van der Waals surface area contributed by atoms with E-state index >= 15 is 0 Å². The first kappa shape index (κ1) is 17.8. The molecule has 1 aromatic heterocycles. The van der Waals surface area contributed by atoms with Gasteiger partial charge in [-0.1, -0.05) is 26.0 Å². The van der Waals surface area contributed by atoms with Crippen LogP contribution in [0.3, 0.4) is 0 Å². The summed E-state index contributed by atoms with van der Waals surface area (Å²) in [6, 6.07) is 13.6. The Balaban J connectivity index is 1.72. The summed E-state index contributed by atoms with van der Waals surface area (Å²) in [6.45, 7) is 5.46. The standard InChI is InChI=1S/C20H23N3O3/c1-3-11-24-16-10-9-15(19(13-16)25-12-4-2)14-21-23-20-22-17-7-5-6-8-18(17)26-20/h5-10,13-14H,3-4,11-12H2,1-2H3,(H,22,23)/b21-14+. The van der Waals surface area contributed by atoms with E-state index in [-0.39, 0.29) is 0 Å². The molecule has 3 aromatic rings. The van der Waals surface area contributed by atoms with E-state index < -0.39 is 0 Å². The van der Waals surface area contributed by atoms with Crippen molar-refractivity contribution in [3.05, 3.63) is 48.0 Å². The third-order valence-corrected chi connectivity index (χ3v) is 3.58. The van der Waals surface area contributed by atoms with Gasteiger partial charge in [0.2, 0.25) is 0 Å². The number of aromatic nitrogens is 1. The van der Waals surface area contributed by atoms with Crippen LogP contribution < -0.4 is 14.9 Å². The topological polar surface area (TPSA) is 68.9 Å². The Hall–Kier alpha value is -3.02. The van der Waals surface area contributed by atoms with Gasteiger partial charge in [0.25, 0.3) is 0 Å². The molecule has 0 saturated carbocycles. The summed E-state index contributed by atoms with van der Waals surface area (Å²) in [5.74, 6) is 1.53. The normalized spacial score (nSPS) is 11.2. The molecule has 6 nitrogen and oxygen atoms in total. The number of fused-ring (bicyclic) bond motifs is 1. The Labute approximate surface area is 152 Å². The van der Waals surface area contributed by atoms with Crippen LogP contribution in [0.15, 0.2) is 52.0 Å². The Morgan fingerprint density at radius 3 is 2.69 bits per heavy atom. The predicted octanol–water partition coefficient (Wildman–Crippen LogP) is 4.85. The van der Waals surface area contributed by atoms with Crippen molar-refractivity contribution < 1.29 is 13.9 Å². The Morgan fingerprint density at radius 1 is 1.08 bits per heavy atom. The van der Waals surface area contributed by atoms with Gasteiger partial charge in [-0.3, -0.25) is 0 Å². The van der Waals surface area contributed by atoms with Gasteiger partial charge in [0.1, 0.15) is 17.0 Å². The molecule has 0 spiro atoms. The van der Waals surface area contributed by atoms with Gasteiger partial charge in [0.15, 0.2) is 5.58 Å². The zero-order valence-corrected chi connectivity index (χ0v) is 15.1. The number of nitrogens with one attached hydrogen (secondary N) is 1. The molecular weight excluding hydrogens is 330 g/mol. The Morgan fingerprint density at radius 2 is 1.88 bits per heavy atom. The fourth-order valence-electron chi connectivity index (χ4n) is 2.35. The number of oxazole rings is 1. The molecule has 26 heavy (non-hydrogen) atoms. The number of anilines is 1. The van der Waals surface area contributed by atoms with E-state index in [9.17, 15) is 0 Å².